The van der Waals surface area contributed by atoms with Gasteiger partial charge in [-0.25, -0.2) is 4.79 Å². The molecule has 0 saturated heterocycles. The van der Waals surface area contributed by atoms with Crippen LogP contribution in [0.2, 0.25) is 0 Å². The van der Waals surface area contributed by atoms with Gasteiger partial charge in [-0.3, -0.25) is 0 Å². The molecule has 0 aromatic heterocycles. The number of carbonyl (C=O) groups excluding carboxylic acids is 1. The number of ether oxygens (including phenoxy) is 2. The highest BCUT2D eigenvalue weighted by Crippen LogP contribution is 2.14. The van der Waals surface area contributed by atoms with Crippen molar-refractivity contribution in [1.82, 2.24) is 0 Å². The van der Waals surface area contributed by atoms with Crippen LogP contribution in [0.1, 0.15) is 12.5 Å². The van der Waals surface area contributed by atoms with E-state index in [9.17, 15) is 4.79 Å². The monoisotopic (exact) mass is 239 g/mol. The standard InChI is InChI=1S/C12H17NO4/c1-12(13,11(15)16-2)8-17-10-5-3-9(7-14)4-6-10/h3-6,14H,7-8,13H2,1-2H3. The minimum absolute atomic E-state index is 0.0168. The van der Waals surface area contributed by atoms with Gasteiger partial charge in [0.15, 0.2) is 0 Å². The number of hydrogen-bond acceptors (Lipinski definition) is 5. The Labute approximate surface area is 100 Å². The molecule has 5 nitrogen and oxygen atoms in total. The maximum atomic E-state index is 11.3. The van der Waals surface area contributed by atoms with E-state index in [1.165, 1.54) is 7.11 Å². The van der Waals surface area contributed by atoms with Crippen molar-refractivity contribution in [1.29, 1.82) is 0 Å². The maximum Gasteiger partial charge on any atom is 0.329 e. The van der Waals surface area contributed by atoms with Crippen molar-refractivity contribution in [3.05, 3.63) is 29.8 Å². The second-order valence-corrected chi connectivity index (χ2v) is 4.00. The maximum absolute atomic E-state index is 11.3. The second-order valence-electron chi connectivity index (χ2n) is 4.00. The van der Waals surface area contributed by atoms with Gasteiger partial charge in [-0.05, 0) is 24.6 Å². The van der Waals surface area contributed by atoms with Crippen LogP contribution in [0.25, 0.3) is 0 Å². The number of rotatable bonds is 5. The van der Waals surface area contributed by atoms with Gasteiger partial charge in [0, 0.05) is 0 Å². The van der Waals surface area contributed by atoms with Gasteiger partial charge in [0.05, 0.1) is 13.7 Å². The van der Waals surface area contributed by atoms with Gasteiger partial charge in [0.1, 0.15) is 17.9 Å². The molecule has 17 heavy (non-hydrogen) atoms. The van der Waals surface area contributed by atoms with E-state index < -0.39 is 11.5 Å². The molecule has 1 aromatic rings. The summed E-state index contributed by atoms with van der Waals surface area (Å²) < 4.78 is 9.95. The molecule has 0 bridgehead atoms. The van der Waals surface area contributed by atoms with Crippen LogP contribution in [0.5, 0.6) is 5.75 Å². The van der Waals surface area contributed by atoms with Gasteiger partial charge in [-0.2, -0.15) is 0 Å². The van der Waals surface area contributed by atoms with E-state index in [0.717, 1.165) is 5.56 Å². The number of esters is 1. The summed E-state index contributed by atoms with van der Waals surface area (Å²) in [5, 5.41) is 8.87. The summed E-state index contributed by atoms with van der Waals surface area (Å²) in [6.45, 7) is 1.55. The molecule has 0 amide bonds. The van der Waals surface area contributed by atoms with Crippen LogP contribution in [-0.4, -0.2) is 30.3 Å². The Kier molecular flexibility index (Phi) is 4.48. The average Bonchev–Trinajstić information content (AvgIpc) is 2.36. The van der Waals surface area contributed by atoms with Crippen molar-refractivity contribution in [2.45, 2.75) is 19.1 Å². The van der Waals surface area contributed by atoms with Crippen LogP contribution in [-0.2, 0) is 16.1 Å². The first-order valence-electron chi connectivity index (χ1n) is 5.19. The summed E-state index contributed by atoms with van der Waals surface area (Å²) in [7, 11) is 1.28. The van der Waals surface area contributed by atoms with Gasteiger partial charge in [-0.15, -0.1) is 0 Å². The van der Waals surface area contributed by atoms with E-state index in [0.29, 0.717) is 5.75 Å². The lowest BCUT2D eigenvalue weighted by molar-refractivity contribution is -0.147. The molecular weight excluding hydrogens is 222 g/mol. The Balaban J connectivity index is 2.57. The fraction of sp³-hybridized carbons (Fsp3) is 0.417. The molecule has 0 saturated carbocycles. The van der Waals surface area contributed by atoms with Crippen molar-refractivity contribution in [3.63, 3.8) is 0 Å². The van der Waals surface area contributed by atoms with Crippen molar-refractivity contribution in [3.8, 4) is 5.75 Å². The van der Waals surface area contributed by atoms with Crippen molar-refractivity contribution >= 4 is 5.97 Å². The van der Waals surface area contributed by atoms with Crippen LogP contribution < -0.4 is 10.5 Å². The summed E-state index contributed by atoms with van der Waals surface area (Å²) in [5.41, 5.74) is 5.35. The van der Waals surface area contributed by atoms with Crippen LogP contribution >= 0.6 is 0 Å². The smallest absolute Gasteiger partial charge is 0.329 e. The first-order valence-corrected chi connectivity index (χ1v) is 5.19. The molecule has 0 aliphatic carbocycles. The molecule has 0 radical (unpaired) electrons. The van der Waals surface area contributed by atoms with Crippen molar-refractivity contribution < 1.29 is 19.4 Å². The normalized spacial score (nSPS) is 13.9. The zero-order chi connectivity index (χ0) is 12.9. The quantitative estimate of drug-likeness (QED) is 0.729. The third kappa shape index (κ3) is 3.72. The molecule has 0 fully saturated rings. The summed E-state index contributed by atoms with van der Waals surface area (Å²) in [6.07, 6.45) is 0. The van der Waals surface area contributed by atoms with Crippen LogP contribution in [0.4, 0.5) is 0 Å². The van der Waals surface area contributed by atoms with E-state index in [1.807, 2.05) is 0 Å². The predicted octanol–water partition coefficient (Wildman–Crippen LogP) is 0.448. The van der Waals surface area contributed by atoms with Crippen molar-refractivity contribution in [2.24, 2.45) is 5.73 Å². The molecular formula is C12H17NO4. The molecule has 0 aliphatic heterocycles. The molecule has 0 aliphatic rings. The number of aliphatic hydroxyl groups excluding tert-OH is 1. The highest BCUT2D eigenvalue weighted by molar-refractivity contribution is 5.80. The summed E-state index contributed by atoms with van der Waals surface area (Å²) in [4.78, 5) is 11.3. The number of hydrogen-bond donors (Lipinski definition) is 2. The Hall–Kier alpha value is -1.59. The van der Waals surface area contributed by atoms with E-state index in [2.05, 4.69) is 4.74 Å². The Morgan fingerprint density at radius 3 is 2.47 bits per heavy atom. The van der Waals surface area contributed by atoms with E-state index >= 15 is 0 Å². The number of methoxy groups -OCH3 is 1. The van der Waals surface area contributed by atoms with Gasteiger partial charge >= 0.3 is 5.97 Å². The molecule has 0 heterocycles. The highest BCUT2D eigenvalue weighted by Gasteiger charge is 2.30. The number of benzene rings is 1. The first-order chi connectivity index (χ1) is 7.99. The predicted molar refractivity (Wildman–Crippen MR) is 62.5 cm³/mol. The lowest BCUT2D eigenvalue weighted by atomic mass is 10.1. The van der Waals surface area contributed by atoms with E-state index in [4.69, 9.17) is 15.6 Å². The third-order valence-corrected chi connectivity index (χ3v) is 2.30. The zero-order valence-corrected chi connectivity index (χ0v) is 9.97. The Morgan fingerprint density at radius 1 is 1.41 bits per heavy atom. The SMILES string of the molecule is COC(=O)C(C)(N)COc1ccc(CO)cc1. The number of aliphatic hydroxyl groups is 1. The summed E-state index contributed by atoms with van der Waals surface area (Å²) in [6, 6.07) is 6.89. The minimum Gasteiger partial charge on any atom is -0.491 e. The van der Waals surface area contributed by atoms with Crippen molar-refractivity contribution in [2.75, 3.05) is 13.7 Å². The average molecular weight is 239 g/mol. The lowest BCUT2D eigenvalue weighted by Crippen LogP contribution is -2.50. The fourth-order valence-corrected chi connectivity index (χ4v) is 1.22. The molecule has 3 N–H and O–H groups in total. The summed E-state index contributed by atoms with van der Waals surface area (Å²) >= 11 is 0. The molecule has 1 atom stereocenters. The molecule has 94 valence electrons. The second kappa shape index (κ2) is 5.65. The zero-order valence-electron chi connectivity index (χ0n) is 9.97. The highest BCUT2D eigenvalue weighted by atomic mass is 16.5. The van der Waals surface area contributed by atoms with Gasteiger partial charge in [0.25, 0.3) is 0 Å². The topological polar surface area (TPSA) is 81.8 Å². The molecule has 5 heteroatoms. The number of carbonyl (C=O) groups is 1. The van der Waals surface area contributed by atoms with Gasteiger partial charge in [-0.1, -0.05) is 12.1 Å². The Bertz CT molecular complexity index is 373. The fourth-order valence-electron chi connectivity index (χ4n) is 1.22. The van der Waals surface area contributed by atoms with Crippen LogP contribution in [0, 0.1) is 0 Å². The van der Waals surface area contributed by atoms with Crippen LogP contribution in [0.3, 0.4) is 0 Å². The lowest BCUT2D eigenvalue weighted by Gasteiger charge is -2.21. The molecule has 1 aromatic carbocycles. The van der Waals surface area contributed by atoms with Crippen LogP contribution in [0.15, 0.2) is 24.3 Å². The van der Waals surface area contributed by atoms with E-state index in [1.54, 1.807) is 31.2 Å². The minimum atomic E-state index is -1.18. The largest absolute Gasteiger partial charge is 0.491 e. The van der Waals surface area contributed by atoms with Gasteiger partial charge < -0.3 is 20.3 Å². The Morgan fingerprint density at radius 2 is 2.00 bits per heavy atom. The molecule has 1 rings (SSSR count). The van der Waals surface area contributed by atoms with Gasteiger partial charge in [0.2, 0.25) is 0 Å². The first kappa shape index (κ1) is 13.5. The third-order valence-electron chi connectivity index (χ3n) is 2.30. The molecule has 1 unspecified atom stereocenters. The number of nitrogens with two attached hydrogens (primary N) is 1. The molecule has 0 spiro atoms. The van der Waals surface area contributed by atoms with E-state index in [-0.39, 0.29) is 13.2 Å². The summed E-state index contributed by atoms with van der Waals surface area (Å²) in [5.74, 6) is 0.0623.